The molecular weight excluding hydrogens is 364 g/mol. The van der Waals surface area contributed by atoms with E-state index < -0.39 is 6.04 Å². The standard InChI is InChI=1S/C19H18N4O3S/c1-12-5-2-8-16(20-12)22-17(24)14-6-3-9-23(14)19(25)13-11-27-18(21-13)15-7-4-10-26-15/h2,4-5,7-8,10-11,14H,3,6,9H2,1H3,(H,20,22,24)/t14-/m0/s1. The zero-order chi connectivity index (χ0) is 18.8. The minimum atomic E-state index is -0.520. The maximum Gasteiger partial charge on any atom is 0.274 e. The molecule has 1 aliphatic heterocycles. The fourth-order valence-electron chi connectivity index (χ4n) is 3.14. The molecule has 1 aliphatic rings. The van der Waals surface area contributed by atoms with E-state index in [1.54, 1.807) is 34.7 Å². The van der Waals surface area contributed by atoms with Crippen LogP contribution in [0, 0.1) is 6.92 Å². The monoisotopic (exact) mass is 382 g/mol. The van der Waals surface area contributed by atoms with Crippen LogP contribution in [-0.2, 0) is 4.79 Å². The van der Waals surface area contributed by atoms with E-state index >= 15 is 0 Å². The van der Waals surface area contributed by atoms with Crippen LogP contribution in [0.15, 0.2) is 46.4 Å². The molecule has 0 spiro atoms. The summed E-state index contributed by atoms with van der Waals surface area (Å²) in [6.07, 6.45) is 2.97. The molecule has 0 aliphatic carbocycles. The van der Waals surface area contributed by atoms with Crippen LogP contribution in [0.2, 0.25) is 0 Å². The number of hydrogen-bond acceptors (Lipinski definition) is 6. The number of aromatic nitrogens is 2. The van der Waals surface area contributed by atoms with Gasteiger partial charge < -0.3 is 14.6 Å². The van der Waals surface area contributed by atoms with Gasteiger partial charge in [0.05, 0.1) is 6.26 Å². The van der Waals surface area contributed by atoms with E-state index in [1.165, 1.54) is 11.3 Å². The fourth-order valence-corrected chi connectivity index (χ4v) is 3.90. The Bertz CT molecular complexity index is 967. The molecule has 1 saturated heterocycles. The molecule has 0 saturated carbocycles. The normalized spacial score (nSPS) is 16.5. The minimum Gasteiger partial charge on any atom is -0.462 e. The number of nitrogens with one attached hydrogen (secondary N) is 1. The predicted octanol–water partition coefficient (Wildman–Crippen LogP) is 3.35. The number of anilines is 1. The van der Waals surface area contributed by atoms with Crippen LogP contribution in [0.5, 0.6) is 0 Å². The van der Waals surface area contributed by atoms with Gasteiger partial charge in [-0.05, 0) is 44.0 Å². The van der Waals surface area contributed by atoms with Crippen molar-refractivity contribution in [3.05, 3.63) is 53.4 Å². The molecule has 138 valence electrons. The summed E-state index contributed by atoms with van der Waals surface area (Å²) < 4.78 is 5.33. The van der Waals surface area contributed by atoms with Crippen molar-refractivity contribution in [2.24, 2.45) is 0 Å². The number of hydrogen-bond donors (Lipinski definition) is 1. The molecule has 0 radical (unpaired) electrons. The van der Waals surface area contributed by atoms with Crippen LogP contribution >= 0.6 is 11.3 Å². The summed E-state index contributed by atoms with van der Waals surface area (Å²) in [7, 11) is 0. The van der Waals surface area contributed by atoms with Crippen LogP contribution in [0.25, 0.3) is 10.8 Å². The highest BCUT2D eigenvalue weighted by molar-refractivity contribution is 7.13. The Kier molecular flexibility index (Phi) is 4.72. The van der Waals surface area contributed by atoms with Crippen LogP contribution < -0.4 is 5.32 Å². The summed E-state index contributed by atoms with van der Waals surface area (Å²) in [5.74, 6) is 0.660. The summed E-state index contributed by atoms with van der Waals surface area (Å²) in [6.45, 7) is 2.39. The number of amides is 2. The van der Waals surface area contributed by atoms with Crippen molar-refractivity contribution in [1.29, 1.82) is 0 Å². The third kappa shape index (κ3) is 3.61. The van der Waals surface area contributed by atoms with E-state index in [2.05, 4.69) is 15.3 Å². The Morgan fingerprint density at radius 2 is 2.15 bits per heavy atom. The van der Waals surface area contributed by atoms with Gasteiger partial charge >= 0.3 is 0 Å². The van der Waals surface area contributed by atoms with Gasteiger partial charge in [-0.1, -0.05) is 6.07 Å². The molecule has 27 heavy (non-hydrogen) atoms. The minimum absolute atomic E-state index is 0.222. The van der Waals surface area contributed by atoms with Crippen LogP contribution in [0.4, 0.5) is 5.82 Å². The average Bonchev–Trinajstić information content (AvgIpc) is 3.41. The summed E-state index contributed by atoms with van der Waals surface area (Å²) in [5, 5.41) is 5.16. The highest BCUT2D eigenvalue weighted by Crippen LogP contribution is 2.27. The zero-order valence-electron chi connectivity index (χ0n) is 14.7. The molecular formula is C19H18N4O3S. The number of nitrogens with zero attached hydrogens (tertiary/aromatic N) is 3. The molecule has 0 aromatic carbocycles. The van der Waals surface area contributed by atoms with Crippen molar-refractivity contribution >= 4 is 29.0 Å². The third-order valence-corrected chi connectivity index (χ3v) is 5.27. The molecule has 1 fully saturated rings. The summed E-state index contributed by atoms with van der Waals surface area (Å²) in [6, 6.07) is 8.49. The Labute approximate surface area is 160 Å². The maximum atomic E-state index is 12.9. The van der Waals surface area contributed by atoms with Gasteiger partial charge in [0.25, 0.3) is 5.91 Å². The largest absolute Gasteiger partial charge is 0.462 e. The molecule has 1 N–H and O–H groups in total. The average molecular weight is 382 g/mol. The first-order valence-corrected chi connectivity index (χ1v) is 9.54. The van der Waals surface area contributed by atoms with E-state index in [1.807, 2.05) is 19.1 Å². The quantitative estimate of drug-likeness (QED) is 0.748. The van der Waals surface area contributed by atoms with Crippen molar-refractivity contribution in [3.8, 4) is 10.8 Å². The van der Waals surface area contributed by atoms with E-state index in [0.717, 1.165) is 12.1 Å². The van der Waals surface area contributed by atoms with Crippen molar-refractivity contribution in [2.45, 2.75) is 25.8 Å². The smallest absolute Gasteiger partial charge is 0.274 e. The van der Waals surface area contributed by atoms with Gasteiger partial charge in [0.1, 0.15) is 17.6 Å². The molecule has 8 heteroatoms. The molecule has 4 heterocycles. The van der Waals surface area contributed by atoms with E-state index in [-0.39, 0.29) is 11.8 Å². The molecule has 0 unspecified atom stereocenters. The Morgan fingerprint density at radius 3 is 2.93 bits per heavy atom. The summed E-state index contributed by atoms with van der Waals surface area (Å²) in [5.41, 5.74) is 1.15. The molecule has 3 aromatic heterocycles. The highest BCUT2D eigenvalue weighted by atomic mass is 32.1. The fraction of sp³-hybridized carbons (Fsp3) is 0.263. The molecule has 7 nitrogen and oxygen atoms in total. The number of likely N-dealkylation sites (tertiary alicyclic amines) is 1. The van der Waals surface area contributed by atoms with Gasteiger partial charge in [-0.3, -0.25) is 9.59 Å². The number of aryl methyl sites for hydroxylation is 1. The highest BCUT2D eigenvalue weighted by Gasteiger charge is 2.35. The Balaban J connectivity index is 1.49. The second-order valence-electron chi connectivity index (χ2n) is 6.33. The Morgan fingerprint density at radius 1 is 1.26 bits per heavy atom. The number of rotatable bonds is 4. The number of carbonyl (C=O) groups excluding carboxylic acids is 2. The summed E-state index contributed by atoms with van der Waals surface area (Å²) >= 11 is 1.35. The maximum absolute atomic E-state index is 12.9. The number of pyridine rings is 1. The van der Waals surface area contributed by atoms with Crippen LogP contribution in [-0.4, -0.2) is 39.3 Å². The van der Waals surface area contributed by atoms with E-state index in [9.17, 15) is 9.59 Å². The van der Waals surface area contributed by atoms with Crippen LogP contribution in [0.1, 0.15) is 29.0 Å². The predicted molar refractivity (Wildman–Crippen MR) is 101 cm³/mol. The molecule has 1 atom stereocenters. The lowest BCUT2D eigenvalue weighted by atomic mass is 10.2. The van der Waals surface area contributed by atoms with Crippen molar-refractivity contribution in [3.63, 3.8) is 0 Å². The topological polar surface area (TPSA) is 88.3 Å². The van der Waals surface area contributed by atoms with Gasteiger partial charge in [-0.25, -0.2) is 9.97 Å². The molecule has 0 bridgehead atoms. The third-order valence-electron chi connectivity index (χ3n) is 4.41. The van der Waals surface area contributed by atoms with Crippen molar-refractivity contribution < 1.29 is 14.0 Å². The summed E-state index contributed by atoms with van der Waals surface area (Å²) in [4.78, 5) is 35.8. The first kappa shape index (κ1) is 17.4. The van der Waals surface area contributed by atoms with E-state index in [0.29, 0.717) is 35.2 Å². The lowest BCUT2D eigenvalue weighted by Crippen LogP contribution is -2.43. The van der Waals surface area contributed by atoms with Gasteiger partial charge in [0.2, 0.25) is 5.91 Å². The zero-order valence-corrected chi connectivity index (χ0v) is 15.5. The van der Waals surface area contributed by atoms with Crippen LogP contribution in [0.3, 0.4) is 0 Å². The molecule has 4 rings (SSSR count). The van der Waals surface area contributed by atoms with Gasteiger partial charge in [-0.15, -0.1) is 11.3 Å². The van der Waals surface area contributed by atoms with E-state index in [4.69, 9.17) is 4.42 Å². The van der Waals surface area contributed by atoms with Crippen molar-refractivity contribution in [1.82, 2.24) is 14.9 Å². The van der Waals surface area contributed by atoms with Crippen molar-refractivity contribution in [2.75, 3.05) is 11.9 Å². The number of furan rings is 1. The SMILES string of the molecule is Cc1cccc(NC(=O)[C@@H]2CCCN2C(=O)c2csc(-c3ccco3)n2)n1. The van der Waals surface area contributed by atoms with Gasteiger partial charge in [0.15, 0.2) is 10.8 Å². The lowest BCUT2D eigenvalue weighted by Gasteiger charge is -2.23. The second kappa shape index (κ2) is 7.32. The first-order chi connectivity index (χ1) is 13.1. The molecule has 3 aromatic rings. The van der Waals surface area contributed by atoms with Gasteiger partial charge in [0, 0.05) is 17.6 Å². The number of thiazole rings is 1. The first-order valence-electron chi connectivity index (χ1n) is 8.67. The molecule has 2 amide bonds. The second-order valence-corrected chi connectivity index (χ2v) is 7.18. The Hall–Kier alpha value is -3.00. The lowest BCUT2D eigenvalue weighted by molar-refractivity contribution is -0.119. The van der Waals surface area contributed by atoms with Gasteiger partial charge in [-0.2, -0.15) is 0 Å². The number of carbonyl (C=O) groups is 2.